The summed E-state index contributed by atoms with van der Waals surface area (Å²) in [6.45, 7) is 0.232. The molecule has 0 N–H and O–H groups in total. The van der Waals surface area contributed by atoms with Gasteiger partial charge >= 0.3 is 0 Å². The lowest BCUT2D eigenvalue weighted by Gasteiger charge is -2.15. The lowest BCUT2D eigenvalue weighted by Crippen LogP contribution is -2.30. The van der Waals surface area contributed by atoms with E-state index in [0.29, 0.717) is 4.88 Å². The van der Waals surface area contributed by atoms with Crippen LogP contribution < -0.4 is 0 Å². The molecule has 84 valence electrons. The summed E-state index contributed by atoms with van der Waals surface area (Å²) in [6, 6.07) is 3.52. The first-order valence-corrected chi connectivity index (χ1v) is 7.31. The number of nitrogens with zero attached hydrogens (tertiary/aromatic N) is 1. The van der Waals surface area contributed by atoms with Gasteiger partial charge in [-0.1, -0.05) is 6.07 Å². The summed E-state index contributed by atoms with van der Waals surface area (Å²) < 4.78 is 21.8. The van der Waals surface area contributed by atoms with Gasteiger partial charge in [-0.2, -0.15) is 0 Å². The molecule has 1 aromatic heterocycles. The summed E-state index contributed by atoms with van der Waals surface area (Å²) in [5.41, 5.74) is 0. The molecule has 0 fully saturated rings. The van der Waals surface area contributed by atoms with E-state index in [1.807, 2.05) is 5.38 Å². The Bertz CT molecular complexity index is 422. The van der Waals surface area contributed by atoms with Crippen LogP contribution in [0.3, 0.4) is 0 Å². The number of carbonyl (C=O) groups is 1. The van der Waals surface area contributed by atoms with Crippen molar-refractivity contribution in [2.75, 3.05) is 25.6 Å². The summed E-state index contributed by atoms with van der Waals surface area (Å²) in [5, 5.41) is 1.82. The number of amides is 1. The van der Waals surface area contributed by atoms with Gasteiger partial charge < -0.3 is 4.90 Å². The van der Waals surface area contributed by atoms with Gasteiger partial charge in [0.1, 0.15) is 9.84 Å². The van der Waals surface area contributed by atoms with Crippen molar-refractivity contribution in [3.63, 3.8) is 0 Å². The standard InChI is InChI=1S/C9H13NO3S2/c1-10(5-7-15(2,12)13)9(11)8-4-3-6-14-8/h3-4,6H,5,7H2,1-2H3. The number of thiophene rings is 1. The second-order valence-electron chi connectivity index (χ2n) is 3.33. The van der Waals surface area contributed by atoms with Crippen molar-refractivity contribution in [1.29, 1.82) is 0 Å². The highest BCUT2D eigenvalue weighted by atomic mass is 32.2. The van der Waals surface area contributed by atoms with Gasteiger partial charge in [0.25, 0.3) is 5.91 Å². The molecule has 0 aromatic carbocycles. The molecule has 1 heterocycles. The van der Waals surface area contributed by atoms with Crippen molar-refractivity contribution in [3.05, 3.63) is 22.4 Å². The lowest BCUT2D eigenvalue weighted by atomic mass is 10.4. The summed E-state index contributed by atoms with van der Waals surface area (Å²) >= 11 is 1.35. The maximum absolute atomic E-state index is 11.7. The van der Waals surface area contributed by atoms with E-state index in [2.05, 4.69) is 0 Å². The van der Waals surface area contributed by atoms with Crippen LogP contribution in [0, 0.1) is 0 Å². The van der Waals surface area contributed by atoms with Crippen molar-refractivity contribution >= 4 is 27.1 Å². The molecule has 4 nitrogen and oxygen atoms in total. The highest BCUT2D eigenvalue weighted by Crippen LogP contribution is 2.10. The van der Waals surface area contributed by atoms with Gasteiger partial charge in [0.15, 0.2) is 0 Å². The van der Waals surface area contributed by atoms with Crippen LogP contribution in [0.15, 0.2) is 17.5 Å². The fraction of sp³-hybridized carbons (Fsp3) is 0.444. The molecule has 1 aromatic rings. The first-order valence-electron chi connectivity index (χ1n) is 4.37. The predicted octanol–water partition coefficient (Wildman–Crippen LogP) is 0.865. The molecule has 0 atom stereocenters. The molecule has 0 unspecified atom stereocenters. The monoisotopic (exact) mass is 247 g/mol. The molecule has 0 aliphatic heterocycles. The van der Waals surface area contributed by atoms with E-state index in [9.17, 15) is 13.2 Å². The van der Waals surface area contributed by atoms with E-state index in [-0.39, 0.29) is 18.2 Å². The van der Waals surface area contributed by atoms with Crippen molar-refractivity contribution in [1.82, 2.24) is 4.90 Å². The van der Waals surface area contributed by atoms with Crippen LogP contribution >= 0.6 is 11.3 Å². The average Bonchev–Trinajstić information content (AvgIpc) is 2.64. The number of hydrogen-bond donors (Lipinski definition) is 0. The zero-order chi connectivity index (χ0) is 11.5. The molecule has 6 heteroatoms. The minimum Gasteiger partial charge on any atom is -0.340 e. The van der Waals surface area contributed by atoms with Crippen LogP contribution in [0.1, 0.15) is 9.67 Å². The molecule has 0 bridgehead atoms. The van der Waals surface area contributed by atoms with Gasteiger partial charge in [-0.3, -0.25) is 4.79 Å². The molecule has 0 radical (unpaired) electrons. The Kier molecular flexibility index (Phi) is 3.87. The van der Waals surface area contributed by atoms with Crippen molar-refractivity contribution in [2.24, 2.45) is 0 Å². The quantitative estimate of drug-likeness (QED) is 0.793. The zero-order valence-corrected chi connectivity index (χ0v) is 10.3. The Morgan fingerprint density at radius 1 is 1.53 bits per heavy atom. The Balaban J connectivity index is 2.55. The molecule has 0 spiro atoms. The fourth-order valence-electron chi connectivity index (χ4n) is 0.993. The van der Waals surface area contributed by atoms with Gasteiger partial charge in [0.2, 0.25) is 0 Å². The predicted molar refractivity (Wildman–Crippen MR) is 61.0 cm³/mol. The van der Waals surface area contributed by atoms with Crippen LogP contribution in [0.25, 0.3) is 0 Å². The van der Waals surface area contributed by atoms with Gasteiger partial charge in [0, 0.05) is 19.8 Å². The van der Waals surface area contributed by atoms with E-state index in [1.165, 1.54) is 16.2 Å². The highest BCUT2D eigenvalue weighted by molar-refractivity contribution is 7.90. The molecule has 0 saturated carbocycles. The van der Waals surface area contributed by atoms with Crippen LogP contribution in [0.5, 0.6) is 0 Å². The number of carbonyl (C=O) groups excluding carboxylic acids is 1. The lowest BCUT2D eigenvalue weighted by molar-refractivity contribution is 0.0808. The van der Waals surface area contributed by atoms with E-state index in [1.54, 1.807) is 19.2 Å². The normalized spacial score (nSPS) is 11.3. The topological polar surface area (TPSA) is 54.5 Å². The Labute approximate surface area is 93.4 Å². The van der Waals surface area contributed by atoms with Crippen LogP contribution in [-0.4, -0.2) is 44.8 Å². The first kappa shape index (κ1) is 12.2. The summed E-state index contributed by atoms with van der Waals surface area (Å²) in [6.07, 6.45) is 1.16. The average molecular weight is 247 g/mol. The summed E-state index contributed by atoms with van der Waals surface area (Å²) in [4.78, 5) is 13.7. The third-order valence-corrected chi connectivity index (χ3v) is 3.66. The molecule has 15 heavy (non-hydrogen) atoms. The van der Waals surface area contributed by atoms with Crippen LogP contribution in [0.4, 0.5) is 0 Å². The van der Waals surface area contributed by atoms with E-state index in [4.69, 9.17) is 0 Å². The molecule has 1 amide bonds. The van der Waals surface area contributed by atoms with Crippen LogP contribution in [0.2, 0.25) is 0 Å². The van der Waals surface area contributed by atoms with E-state index < -0.39 is 9.84 Å². The largest absolute Gasteiger partial charge is 0.340 e. The molecule has 0 aliphatic carbocycles. The van der Waals surface area contributed by atoms with E-state index in [0.717, 1.165) is 6.26 Å². The fourth-order valence-corrected chi connectivity index (χ4v) is 2.32. The molecular weight excluding hydrogens is 234 g/mol. The van der Waals surface area contributed by atoms with Crippen molar-refractivity contribution in [2.45, 2.75) is 0 Å². The first-order chi connectivity index (χ1) is 6.90. The number of sulfone groups is 1. The van der Waals surface area contributed by atoms with Gasteiger partial charge in [-0.05, 0) is 11.4 Å². The minimum atomic E-state index is -3.01. The third-order valence-electron chi connectivity index (χ3n) is 1.88. The number of hydrogen-bond acceptors (Lipinski definition) is 4. The molecular formula is C9H13NO3S2. The molecule has 1 rings (SSSR count). The number of rotatable bonds is 4. The zero-order valence-electron chi connectivity index (χ0n) is 8.63. The maximum Gasteiger partial charge on any atom is 0.263 e. The SMILES string of the molecule is CN(CCS(C)(=O)=O)C(=O)c1cccs1. The Hall–Kier alpha value is -0.880. The van der Waals surface area contributed by atoms with Crippen molar-refractivity contribution < 1.29 is 13.2 Å². The summed E-state index contributed by atoms with van der Waals surface area (Å²) in [5.74, 6) is -0.130. The van der Waals surface area contributed by atoms with Gasteiger partial charge in [0.05, 0.1) is 10.6 Å². The van der Waals surface area contributed by atoms with Gasteiger partial charge in [-0.25, -0.2) is 8.42 Å². The molecule has 0 saturated heterocycles. The molecule has 0 aliphatic rings. The third kappa shape index (κ3) is 4.01. The van der Waals surface area contributed by atoms with Gasteiger partial charge in [-0.15, -0.1) is 11.3 Å². The Morgan fingerprint density at radius 3 is 2.67 bits per heavy atom. The smallest absolute Gasteiger partial charge is 0.263 e. The minimum absolute atomic E-state index is 0.000610. The Morgan fingerprint density at radius 2 is 2.20 bits per heavy atom. The second kappa shape index (κ2) is 4.76. The van der Waals surface area contributed by atoms with Crippen molar-refractivity contribution in [3.8, 4) is 0 Å². The van der Waals surface area contributed by atoms with E-state index >= 15 is 0 Å². The highest BCUT2D eigenvalue weighted by Gasteiger charge is 2.13. The van der Waals surface area contributed by atoms with Crippen LogP contribution in [-0.2, 0) is 9.84 Å². The summed E-state index contributed by atoms with van der Waals surface area (Å²) in [7, 11) is -1.41. The maximum atomic E-state index is 11.7. The second-order valence-corrected chi connectivity index (χ2v) is 6.54.